The maximum atomic E-state index is 6.77. The zero-order valence-electron chi connectivity index (χ0n) is 34.3. The largest absolute Gasteiger partial charge is 0.384 e. The molecule has 0 aliphatic heterocycles. The van der Waals surface area contributed by atoms with Crippen molar-refractivity contribution in [1.29, 1.82) is 0 Å². The molecule has 294 valence electrons. The Morgan fingerprint density at radius 2 is 0.803 bits per heavy atom. The fraction of sp³-hybridized carbons (Fsp3) is 0.0536. The normalized spacial score (nSPS) is 11.8. The summed E-state index contributed by atoms with van der Waals surface area (Å²) in [6, 6.07) is 70.7. The number of hydrogen-bond acceptors (Lipinski definition) is 2. The van der Waals surface area contributed by atoms with Crippen LogP contribution in [0.1, 0.15) is 11.1 Å². The number of fused-ring (bicyclic) bond motifs is 17. The van der Waals surface area contributed by atoms with Crippen molar-refractivity contribution in [2.24, 2.45) is 16.5 Å². The summed E-state index contributed by atoms with van der Waals surface area (Å²) in [5.74, 6) is 0.584. The Hall–Kier alpha value is -7.73. The molecule has 0 amide bonds. The first kappa shape index (κ1) is 37.5. The van der Waals surface area contributed by atoms with Crippen LogP contribution in [0, 0.1) is 6.92 Å². The molecule has 5 nitrogen and oxygen atoms in total. The Labute approximate surface area is 354 Å². The number of benzene rings is 10. The Kier molecular flexibility index (Phi) is 9.72. The third kappa shape index (κ3) is 6.26. The minimum atomic E-state index is 0.374. The summed E-state index contributed by atoms with van der Waals surface area (Å²) >= 11 is 0. The maximum absolute atomic E-state index is 6.77. The van der Waals surface area contributed by atoms with Gasteiger partial charge >= 0.3 is 0 Å². The van der Waals surface area contributed by atoms with E-state index in [1.807, 2.05) is 48.5 Å². The maximum Gasteiger partial charge on any atom is 0.125 e. The Balaban J connectivity index is 0.000000219. The van der Waals surface area contributed by atoms with Gasteiger partial charge in [0.15, 0.2) is 0 Å². The highest BCUT2D eigenvalue weighted by Crippen LogP contribution is 2.48. The summed E-state index contributed by atoms with van der Waals surface area (Å²) in [5.41, 5.74) is 20.6. The molecule has 0 saturated heterocycles. The number of aryl methyl sites for hydroxylation is 1. The van der Waals surface area contributed by atoms with Crippen LogP contribution in [0.5, 0.6) is 0 Å². The van der Waals surface area contributed by atoms with E-state index in [1.165, 1.54) is 92.3 Å². The predicted octanol–water partition coefficient (Wildman–Crippen LogP) is 13.4. The van der Waals surface area contributed by atoms with E-state index < -0.39 is 0 Å². The zero-order chi connectivity index (χ0) is 41.5. The second-order valence-corrected chi connectivity index (χ2v) is 15.4. The lowest BCUT2D eigenvalue weighted by atomic mass is 9.95. The van der Waals surface area contributed by atoms with E-state index in [2.05, 4.69) is 173 Å². The lowest BCUT2D eigenvalue weighted by molar-refractivity contribution is 0.794. The molecular formula is C56H45N5. The van der Waals surface area contributed by atoms with Crippen molar-refractivity contribution in [2.45, 2.75) is 13.6 Å². The van der Waals surface area contributed by atoms with Crippen LogP contribution < -0.4 is 11.5 Å². The first-order chi connectivity index (χ1) is 30.1. The number of nitrogens with zero attached hydrogens (tertiary/aromatic N) is 3. The molecule has 0 unspecified atom stereocenters. The van der Waals surface area contributed by atoms with Gasteiger partial charge in [0.05, 0.1) is 28.7 Å². The van der Waals surface area contributed by atoms with Gasteiger partial charge in [-0.3, -0.25) is 4.99 Å². The number of para-hydroxylation sites is 1. The van der Waals surface area contributed by atoms with Crippen molar-refractivity contribution in [3.8, 4) is 5.69 Å². The molecule has 0 fully saturated rings. The van der Waals surface area contributed by atoms with E-state index in [1.54, 1.807) is 7.05 Å². The van der Waals surface area contributed by atoms with Gasteiger partial charge in [-0.25, -0.2) is 0 Å². The number of nitrogens with two attached hydrogens (primary N) is 2. The van der Waals surface area contributed by atoms with Crippen LogP contribution in [-0.4, -0.2) is 22.0 Å². The van der Waals surface area contributed by atoms with Gasteiger partial charge in [-0.05, 0) is 51.4 Å². The molecule has 0 saturated carbocycles. The van der Waals surface area contributed by atoms with E-state index in [9.17, 15) is 0 Å². The van der Waals surface area contributed by atoms with Gasteiger partial charge in [0.2, 0.25) is 0 Å². The standard InChI is InChI=1S/C41H27N3.C8H10N2.C7H8/c42-24-43-38-32-20-10-6-16-28(32)26-14-4-8-18-30(26)36(38)34-22-23-35-37-31-19-9-5-15-27(31)29-17-7-11-21-33(29)39(37)44(41(35)40(34)43)25-12-2-1-3-13-25;1-10-8(9)7-5-3-2-4-6-7;1-7-5-3-2-4-6-7/h1-23H,24,42H2;2-6H,1H3,(H2,9,10);2-6H,1H3. The van der Waals surface area contributed by atoms with Gasteiger partial charge in [0.25, 0.3) is 0 Å². The SMILES string of the molecule is CN=C(N)c1ccccc1.Cc1ccccc1.NCn1c2c3ccccc3c3ccccc3c2c2ccc3c4c5ccccc5c5ccccc5c4n(-c4ccccc4)c3c21. The topological polar surface area (TPSA) is 74.3 Å². The quantitative estimate of drug-likeness (QED) is 0.106. The van der Waals surface area contributed by atoms with E-state index >= 15 is 0 Å². The van der Waals surface area contributed by atoms with Gasteiger partial charge in [-0.1, -0.05) is 194 Å². The van der Waals surface area contributed by atoms with Gasteiger partial charge in [-0.15, -0.1) is 0 Å². The summed E-state index contributed by atoms with van der Waals surface area (Å²) in [5, 5.41) is 15.1. The van der Waals surface area contributed by atoms with Gasteiger partial charge in [0.1, 0.15) is 5.84 Å². The summed E-state index contributed by atoms with van der Waals surface area (Å²) in [6.45, 7) is 2.46. The average Bonchev–Trinajstić information content (AvgIpc) is 3.87. The third-order valence-corrected chi connectivity index (χ3v) is 11.9. The van der Waals surface area contributed by atoms with Crippen LogP contribution in [0.25, 0.3) is 92.4 Å². The van der Waals surface area contributed by atoms with Crippen molar-refractivity contribution in [2.75, 3.05) is 7.05 Å². The molecule has 0 spiro atoms. The monoisotopic (exact) mass is 787 g/mol. The summed E-state index contributed by atoms with van der Waals surface area (Å²) in [6.07, 6.45) is 0. The van der Waals surface area contributed by atoms with Crippen molar-refractivity contribution >= 4 is 92.5 Å². The first-order valence-electron chi connectivity index (χ1n) is 20.8. The molecule has 0 aliphatic carbocycles. The van der Waals surface area contributed by atoms with Crippen LogP contribution >= 0.6 is 0 Å². The molecular weight excluding hydrogens is 743 g/mol. The average molecular weight is 788 g/mol. The third-order valence-electron chi connectivity index (χ3n) is 11.9. The number of aromatic nitrogens is 2. The van der Waals surface area contributed by atoms with E-state index in [0.29, 0.717) is 12.5 Å². The van der Waals surface area contributed by atoms with Crippen molar-refractivity contribution in [3.63, 3.8) is 0 Å². The highest BCUT2D eigenvalue weighted by Gasteiger charge is 2.25. The second kappa shape index (κ2) is 15.8. The minimum absolute atomic E-state index is 0.374. The van der Waals surface area contributed by atoms with E-state index in [4.69, 9.17) is 11.5 Å². The highest BCUT2D eigenvalue weighted by molar-refractivity contribution is 6.38. The van der Waals surface area contributed by atoms with Gasteiger partial charge in [-0.2, -0.15) is 0 Å². The summed E-state index contributed by atoms with van der Waals surface area (Å²) < 4.78 is 4.86. The molecule has 12 rings (SSSR count). The number of amidine groups is 1. The van der Waals surface area contributed by atoms with Crippen molar-refractivity contribution < 1.29 is 0 Å². The zero-order valence-corrected chi connectivity index (χ0v) is 34.3. The molecule has 4 N–H and O–H groups in total. The lowest BCUT2D eigenvalue weighted by Crippen LogP contribution is -2.12. The molecule has 0 aliphatic rings. The van der Waals surface area contributed by atoms with E-state index in [-0.39, 0.29) is 0 Å². The number of rotatable bonds is 3. The molecule has 5 heteroatoms. The van der Waals surface area contributed by atoms with Crippen LogP contribution in [0.4, 0.5) is 0 Å². The smallest absolute Gasteiger partial charge is 0.125 e. The molecule has 0 bridgehead atoms. The minimum Gasteiger partial charge on any atom is -0.384 e. The van der Waals surface area contributed by atoms with Crippen molar-refractivity contribution in [3.05, 3.63) is 211 Å². The number of aliphatic imine (C=N–C) groups is 1. The van der Waals surface area contributed by atoms with Crippen LogP contribution in [0.3, 0.4) is 0 Å². The Bertz CT molecular complexity index is 3580. The molecule has 10 aromatic carbocycles. The molecule has 61 heavy (non-hydrogen) atoms. The first-order valence-corrected chi connectivity index (χ1v) is 20.8. The van der Waals surface area contributed by atoms with Crippen LogP contribution in [0.15, 0.2) is 205 Å². The fourth-order valence-corrected chi connectivity index (χ4v) is 9.30. The Morgan fingerprint density at radius 1 is 0.410 bits per heavy atom. The molecule has 12 aromatic rings. The van der Waals surface area contributed by atoms with E-state index in [0.717, 1.165) is 11.3 Å². The molecule has 0 radical (unpaired) electrons. The van der Waals surface area contributed by atoms with Gasteiger partial charge < -0.3 is 20.6 Å². The predicted molar refractivity (Wildman–Crippen MR) is 262 cm³/mol. The molecule has 0 atom stereocenters. The summed E-state index contributed by atoms with van der Waals surface area (Å²) in [7, 11) is 1.68. The molecule has 2 aromatic heterocycles. The van der Waals surface area contributed by atoms with Gasteiger partial charge in [0, 0.05) is 50.6 Å². The number of hydrogen-bond donors (Lipinski definition) is 2. The Morgan fingerprint density at radius 3 is 1.28 bits per heavy atom. The second-order valence-electron chi connectivity index (χ2n) is 15.4. The molecule has 2 heterocycles. The van der Waals surface area contributed by atoms with Crippen LogP contribution in [0.2, 0.25) is 0 Å². The summed E-state index contributed by atoms with van der Waals surface area (Å²) in [4.78, 5) is 3.85. The lowest BCUT2D eigenvalue weighted by Gasteiger charge is -2.13. The fourth-order valence-electron chi connectivity index (χ4n) is 9.30. The van der Waals surface area contributed by atoms with Crippen molar-refractivity contribution in [1.82, 2.24) is 9.13 Å². The highest BCUT2D eigenvalue weighted by atomic mass is 15.1. The van der Waals surface area contributed by atoms with Crippen LogP contribution in [-0.2, 0) is 6.67 Å².